The third-order valence-corrected chi connectivity index (χ3v) is 16.4. The van der Waals surface area contributed by atoms with Gasteiger partial charge >= 0.3 is 39.5 Å². The molecule has 6 atom stereocenters. The van der Waals surface area contributed by atoms with E-state index >= 15 is 0 Å². The Hall–Kier alpha value is -2.46. The summed E-state index contributed by atoms with van der Waals surface area (Å²) in [5.41, 5.74) is 0. The van der Waals surface area contributed by atoms with E-state index in [9.17, 15) is 43.2 Å². The van der Waals surface area contributed by atoms with Gasteiger partial charge in [0.05, 0.1) is 26.4 Å². The van der Waals surface area contributed by atoms with Crippen LogP contribution in [0.25, 0.3) is 0 Å². The van der Waals surface area contributed by atoms with Crippen LogP contribution in [0.4, 0.5) is 0 Å². The molecule has 488 valence electrons. The molecule has 0 saturated heterocycles. The smallest absolute Gasteiger partial charge is 0.462 e. The largest absolute Gasteiger partial charge is 0.472 e. The SMILES string of the molecule is CCCCCC/C=C\C=C/CCCCCCCC(=O)O[C@H](COC(=O)CCCCCCCCCCCCC(C)CC)COP(=O)(O)OC[C@@H](O)COP(=O)(O)OC[C@@H](COC(=O)CCCCCCCCC)OC(=O)CCCCCCCCC. The highest BCUT2D eigenvalue weighted by Crippen LogP contribution is 2.45. The van der Waals surface area contributed by atoms with Crippen molar-refractivity contribution in [1.29, 1.82) is 0 Å². The first-order valence-electron chi connectivity index (χ1n) is 33.0. The molecule has 0 amide bonds. The van der Waals surface area contributed by atoms with Crippen molar-refractivity contribution in [2.75, 3.05) is 39.6 Å². The number of hydrogen-bond donors (Lipinski definition) is 3. The van der Waals surface area contributed by atoms with E-state index < -0.39 is 97.5 Å². The van der Waals surface area contributed by atoms with Crippen molar-refractivity contribution in [3.8, 4) is 0 Å². The van der Waals surface area contributed by atoms with Gasteiger partial charge in [-0.1, -0.05) is 245 Å². The normalized spacial score (nSPS) is 14.7. The van der Waals surface area contributed by atoms with Gasteiger partial charge in [0.25, 0.3) is 0 Å². The zero-order valence-electron chi connectivity index (χ0n) is 52.8. The molecule has 0 saturated carbocycles. The van der Waals surface area contributed by atoms with Crippen LogP contribution in [0.3, 0.4) is 0 Å². The number of carbonyl (C=O) groups excluding carboxylic acids is 4. The minimum absolute atomic E-state index is 0.0848. The van der Waals surface area contributed by atoms with E-state index in [0.29, 0.717) is 25.7 Å². The summed E-state index contributed by atoms with van der Waals surface area (Å²) in [5, 5.41) is 10.5. The third-order valence-electron chi connectivity index (χ3n) is 14.5. The quantitative estimate of drug-likeness (QED) is 0.0169. The van der Waals surface area contributed by atoms with Crippen LogP contribution in [-0.2, 0) is 65.4 Å². The van der Waals surface area contributed by atoms with E-state index in [4.69, 9.17) is 37.0 Å². The Labute approximate surface area is 503 Å². The number of allylic oxidation sites excluding steroid dienone is 4. The molecule has 0 aliphatic rings. The van der Waals surface area contributed by atoms with Gasteiger partial charge in [0.1, 0.15) is 19.3 Å². The number of phosphoric acid groups is 2. The second-order valence-electron chi connectivity index (χ2n) is 22.7. The zero-order valence-corrected chi connectivity index (χ0v) is 54.6. The fourth-order valence-electron chi connectivity index (χ4n) is 9.01. The molecule has 0 spiro atoms. The topological polar surface area (TPSA) is 237 Å². The monoisotopic (exact) mass is 1220 g/mol. The first-order valence-corrected chi connectivity index (χ1v) is 36.0. The van der Waals surface area contributed by atoms with Crippen LogP contribution in [-0.4, -0.2) is 96.7 Å². The van der Waals surface area contributed by atoms with Crippen LogP contribution in [0, 0.1) is 5.92 Å². The molecule has 0 heterocycles. The fraction of sp³-hybridized carbons (Fsp3) is 0.875. The summed E-state index contributed by atoms with van der Waals surface area (Å²) < 4.78 is 67.8. The summed E-state index contributed by atoms with van der Waals surface area (Å²) in [7, 11) is -9.89. The molecule has 0 fully saturated rings. The fourth-order valence-corrected chi connectivity index (χ4v) is 10.6. The van der Waals surface area contributed by atoms with Crippen molar-refractivity contribution >= 4 is 39.5 Å². The standard InChI is InChI=1S/C64H120O17P2/c1-6-10-13-16-19-20-21-22-23-24-25-30-35-40-45-50-64(69)81-60(54-75-62(67)48-43-38-34-29-27-26-28-33-36-41-46-57(5)9-4)56-79-83(72,73)77-52-58(65)51-76-82(70,71)78-55-59(80-63(68)49-44-39-32-18-15-12-8-3)53-74-61(66)47-42-37-31-17-14-11-7-2/h20-23,57-60,65H,6-19,24-56H2,1-5H3,(H,70,71)(H,72,73)/b21-20-,23-22-/t57?,58-,59+,60+/m0/s1. The molecule has 0 aliphatic carbocycles. The molecule has 83 heavy (non-hydrogen) atoms. The second kappa shape index (κ2) is 57.3. The minimum Gasteiger partial charge on any atom is -0.462 e. The summed E-state index contributed by atoms with van der Waals surface area (Å²) >= 11 is 0. The van der Waals surface area contributed by atoms with Gasteiger partial charge in [-0.05, 0) is 57.3 Å². The Bertz CT molecular complexity index is 1710. The predicted octanol–water partition coefficient (Wildman–Crippen LogP) is 17.3. The van der Waals surface area contributed by atoms with Crippen molar-refractivity contribution in [1.82, 2.24) is 0 Å². The van der Waals surface area contributed by atoms with Gasteiger partial charge in [0.15, 0.2) is 12.2 Å². The lowest BCUT2D eigenvalue weighted by Gasteiger charge is -2.21. The van der Waals surface area contributed by atoms with E-state index in [1.54, 1.807) is 0 Å². The van der Waals surface area contributed by atoms with E-state index in [0.717, 1.165) is 134 Å². The Morgan fingerprint density at radius 1 is 0.386 bits per heavy atom. The van der Waals surface area contributed by atoms with Crippen LogP contribution in [0.2, 0.25) is 0 Å². The number of carbonyl (C=O) groups is 4. The van der Waals surface area contributed by atoms with Crippen molar-refractivity contribution in [3.63, 3.8) is 0 Å². The Kier molecular flexibility index (Phi) is 55.6. The van der Waals surface area contributed by atoms with Gasteiger partial charge in [-0.25, -0.2) is 9.13 Å². The second-order valence-corrected chi connectivity index (χ2v) is 25.6. The molecule has 0 radical (unpaired) electrons. The van der Waals surface area contributed by atoms with Crippen LogP contribution in [0.5, 0.6) is 0 Å². The number of rotatable bonds is 62. The molecule has 0 bridgehead atoms. The molecular formula is C64H120O17P2. The lowest BCUT2D eigenvalue weighted by Crippen LogP contribution is -2.30. The van der Waals surface area contributed by atoms with Crippen molar-refractivity contribution in [2.24, 2.45) is 5.92 Å². The van der Waals surface area contributed by atoms with Gasteiger partial charge in [0.2, 0.25) is 0 Å². The molecular weight excluding hydrogens is 1100 g/mol. The molecule has 0 aromatic heterocycles. The summed E-state index contributed by atoms with van der Waals surface area (Å²) in [4.78, 5) is 72.0. The highest BCUT2D eigenvalue weighted by molar-refractivity contribution is 7.47. The summed E-state index contributed by atoms with van der Waals surface area (Å²) in [6, 6.07) is 0. The molecule has 19 heteroatoms. The average molecular weight is 1220 g/mol. The highest BCUT2D eigenvalue weighted by atomic mass is 31.2. The maximum absolute atomic E-state index is 13.0. The maximum Gasteiger partial charge on any atom is 0.472 e. The van der Waals surface area contributed by atoms with Crippen molar-refractivity contribution in [3.05, 3.63) is 24.3 Å². The van der Waals surface area contributed by atoms with E-state index in [1.165, 1.54) is 83.5 Å². The number of esters is 4. The van der Waals surface area contributed by atoms with E-state index in [-0.39, 0.29) is 25.7 Å². The first kappa shape index (κ1) is 80.5. The predicted molar refractivity (Wildman–Crippen MR) is 331 cm³/mol. The number of ether oxygens (including phenoxy) is 4. The molecule has 0 aromatic rings. The van der Waals surface area contributed by atoms with Crippen LogP contribution in [0.1, 0.15) is 298 Å². The molecule has 17 nitrogen and oxygen atoms in total. The molecule has 0 aliphatic heterocycles. The molecule has 0 aromatic carbocycles. The summed E-state index contributed by atoms with van der Waals surface area (Å²) in [5.74, 6) is -1.37. The van der Waals surface area contributed by atoms with Crippen LogP contribution >= 0.6 is 15.6 Å². The highest BCUT2D eigenvalue weighted by Gasteiger charge is 2.30. The van der Waals surface area contributed by atoms with Gasteiger partial charge in [0, 0.05) is 25.7 Å². The van der Waals surface area contributed by atoms with E-state index in [2.05, 4.69) is 58.9 Å². The Morgan fingerprint density at radius 2 is 0.675 bits per heavy atom. The number of aliphatic hydroxyl groups excluding tert-OH is 1. The van der Waals surface area contributed by atoms with Gasteiger partial charge in [-0.15, -0.1) is 0 Å². The molecule has 3 N–H and O–H groups in total. The zero-order chi connectivity index (χ0) is 61.3. The first-order chi connectivity index (χ1) is 40.1. The average Bonchev–Trinajstić information content (AvgIpc) is 3.47. The lowest BCUT2D eigenvalue weighted by atomic mass is 9.99. The maximum atomic E-state index is 13.0. The number of aliphatic hydroxyl groups is 1. The minimum atomic E-state index is -4.95. The number of unbranched alkanes of at least 4 members (excludes halogenated alkanes) is 30. The Morgan fingerprint density at radius 3 is 1.02 bits per heavy atom. The third kappa shape index (κ3) is 57.1. The van der Waals surface area contributed by atoms with Crippen LogP contribution < -0.4 is 0 Å². The number of hydrogen-bond acceptors (Lipinski definition) is 15. The molecule has 0 rings (SSSR count). The molecule has 3 unspecified atom stereocenters. The van der Waals surface area contributed by atoms with Crippen LogP contribution in [0.15, 0.2) is 24.3 Å². The van der Waals surface area contributed by atoms with Gasteiger partial charge in [-0.3, -0.25) is 37.3 Å². The van der Waals surface area contributed by atoms with Gasteiger partial charge < -0.3 is 33.8 Å². The lowest BCUT2D eigenvalue weighted by molar-refractivity contribution is -0.161. The summed E-state index contributed by atoms with van der Waals surface area (Å²) in [6.07, 6.45) is 44.1. The van der Waals surface area contributed by atoms with Gasteiger partial charge in [-0.2, -0.15) is 0 Å². The van der Waals surface area contributed by atoms with Crippen molar-refractivity contribution in [2.45, 2.75) is 316 Å². The van der Waals surface area contributed by atoms with E-state index in [1.807, 2.05) is 0 Å². The van der Waals surface area contributed by atoms with Crippen molar-refractivity contribution < 1.29 is 80.2 Å². The number of phosphoric ester groups is 2. The summed E-state index contributed by atoms with van der Waals surface area (Å²) in [6.45, 7) is 7.07. The Balaban J connectivity index is 5.23.